The van der Waals surface area contributed by atoms with Crippen molar-refractivity contribution in [2.75, 3.05) is 13.1 Å². The van der Waals surface area contributed by atoms with Crippen molar-refractivity contribution in [2.24, 2.45) is 5.73 Å². The van der Waals surface area contributed by atoms with Gasteiger partial charge in [-0.1, -0.05) is 0 Å². The van der Waals surface area contributed by atoms with E-state index < -0.39 is 0 Å². The molecule has 1 aromatic rings. The summed E-state index contributed by atoms with van der Waals surface area (Å²) in [4.78, 5) is 14.2. The molecule has 18 heavy (non-hydrogen) atoms. The molecule has 0 aliphatic rings. The largest absolute Gasteiger partial charge is 0.508 e. The van der Waals surface area contributed by atoms with E-state index >= 15 is 0 Å². The fraction of sp³-hybridized carbons (Fsp3) is 0.500. The minimum Gasteiger partial charge on any atom is -0.508 e. The molecule has 0 fully saturated rings. The van der Waals surface area contributed by atoms with Gasteiger partial charge in [0.15, 0.2) is 0 Å². The summed E-state index contributed by atoms with van der Waals surface area (Å²) >= 11 is 0. The first kappa shape index (κ1) is 14.5. The highest BCUT2D eigenvalue weighted by Crippen LogP contribution is 2.18. The van der Waals surface area contributed by atoms with E-state index in [2.05, 4.69) is 0 Å². The molecular weight excluding hydrogens is 228 g/mol. The number of rotatable bonds is 5. The summed E-state index contributed by atoms with van der Waals surface area (Å²) in [6, 6.07) is 4.96. The zero-order valence-electron chi connectivity index (χ0n) is 11.3. The van der Waals surface area contributed by atoms with Crippen molar-refractivity contribution in [3.63, 3.8) is 0 Å². The summed E-state index contributed by atoms with van der Waals surface area (Å²) in [6.45, 7) is 7.04. The summed E-state index contributed by atoms with van der Waals surface area (Å²) in [5.41, 5.74) is 6.92. The standard InChI is InChI=1S/C14H22N2O2/c1-10(2)16(8-4-7-15)14(18)13-6-5-12(17)9-11(13)3/h5-6,9-10,17H,4,7-8,15H2,1-3H3. The Morgan fingerprint density at radius 3 is 2.61 bits per heavy atom. The highest BCUT2D eigenvalue weighted by Gasteiger charge is 2.19. The van der Waals surface area contributed by atoms with Crippen LogP contribution in [-0.4, -0.2) is 35.0 Å². The third-order valence-corrected chi connectivity index (χ3v) is 2.93. The molecule has 0 unspecified atom stereocenters. The number of amides is 1. The number of carbonyl (C=O) groups excluding carboxylic acids is 1. The van der Waals surface area contributed by atoms with Crippen molar-refractivity contribution in [1.82, 2.24) is 4.90 Å². The smallest absolute Gasteiger partial charge is 0.254 e. The topological polar surface area (TPSA) is 66.6 Å². The Bertz CT molecular complexity index is 416. The molecule has 0 aromatic heterocycles. The van der Waals surface area contributed by atoms with Crippen LogP contribution in [0.5, 0.6) is 5.75 Å². The van der Waals surface area contributed by atoms with Gasteiger partial charge in [-0.3, -0.25) is 4.79 Å². The fourth-order valence-corrected chi connectivity index (χ4v) is 1.90. The molecule has 4 heteroatoms. The number of aromatic hydroxyl groups is 1. The third kappa shape index (κ3) is 3.47. The van der Waals surface area contributed by atoms with Gasteiger partial charge >= 0.3 is 0 Å². The molecule has 1 rings (SSSR count). The van der Waals surface area contributed by atoms with Gasteiger partial charge in [0.2, 0.25) is 0 Å². The monoisotopic (exact) mass is 250 g/mol. The Labute approximate surface area is 108 Å². The molecule has 0 saturated carbocycles. The minimum atomic E-state index is -0.00375. The van der Waals surface area contributed by atoms with Gasteiger partial charge < -0.3 is 15.7 Å². The maximum absolute atomic E-state index is 12.4. The second-order valence-electron chi connectivity index (χ2n) is 4.73. The Balaban J connectivity index is 2.94. The summed E-state index contributed by atoms with van der Waals surface area (Å²) in [5, 5.41) is 9.37. The van der Waals surface area contributed by atoms with E-state index in [-0.39, 0.29) is 17.7 Å². The molecule has 0 heterocycles. The van der Waals surface area contributed by atoms with Gasteiger partial charge in [-0.2, -0.15) is 0 Å². The SMILES string of the molecule is Cc1cc(O)ccc1C(=O)N(CCCN)C(C)C. The van der Waals surface area contributed by atoms with Crippen molar-refractivity contribution < 1.29 is 9.90 Å². The van der Waals surface area contributed by atoms with E-state index in [1.807, 2.05) is 25.7 Å². The first-order valence-corrected chi connectivity index (χ1v) is 6.28. The number of phenols is 1. The van der Waals surface area contributed by atoms with E-state index in [1.54, 1.807) is 18.2 Å². The second-order valence-corrected chi connectivity index (χ2v) is 4.73. The molecule has 4 nitrogen and oxygen atoms in total. The Kier molecular flexibility index (Phi) is 5.16. The fourth-order valence-electron chi connectivity index (χ4n) is 1.90. The van der Waals surface area contributed by atoms with Crippen molar-refractivity contribution in [1.29, 1.82) is 0 Å². The number of benzene rings is 1. The van der Waals surface area contributed by atoms with Gasteiger partial charge in [0.1, 0.15) is 5.75 Å². The number of nitrogens with two attached hydrogens (primary N) is 1. The third-order valence-electron chi connectivity index (χ3n) is 2.93. The molecule has 0 bridgehead atoms. The van der Waals surface area contributed by atoms with Crippen LogP contribution in [0.15, 0.2) is 18.2 Å². The molecule has 0 radical (unpaired) electrons. The summed E-state index contributed by atoms with van der Waals surface area (Å²) < 4.78 is 0. The van der Waals surface area contributed by atoms with Crippen LogP contribution in [0, 0.1) is 6.92 Å². The van der Waals surface area contributed by atoms with Crippen LogP contribution in [0.1, 0.15) is 36.2 Å². The van der Waals surface area contributed by atoms with Crippen molar-refractivity contribution >= 4 is 5.91 Å². The van der Waals surface area contributed by atoms with Crippen LogP contribution in [0.25, 0.3) is 0 Å². The predicted octanol–water partition coefficient (Wildman–Crippen LogP) is 1.90. The van der Waals surface area contributed by atoms with Gasteiger partial charge in [-0.15, -0.1) is 0 Å². The summed E-state index contributed by atoms with van der Waals surface area (Å²) in [7, 11) is 0. The molecule has 0 atom stereocenters. The van der Waals surface area contributed by atoms with E-state index in [1.165, 1.54) is 0 Å². The molecule has 0 aliphatic carbocycles. The highest BCUT2D eigenvalue weighted by molar-refractivity contribution is 5.96. The Morgan fingerprint density at radius 2 is 2.11 bits per heavy atom. The Morgan fingerprint density at radius 1 is 1.44 bits per heavy atom. The molecule has 1 amide bonds. The zero-order valence-corrected chi connectivity index (χ0v) is 11.3. The number of hydrogen-bond acceptors (Lipinski definition) is 3. The Hall–Kier alpha value is -1.55. The number of nitrogens with zero attached hydrogens (tertiary/aromatic N) is 1. The van der Waals surface area contributed by atoms with Crippen LogP contribution < -0.4 is 5.73 Å². The van der Waals surface area contributed by atoms with Gasteiger partial charge in [-0.05, 0) is 57.5 Å². The van der Waals surface area contributed by atoms with Gasteiger partial charge in [0, 0.05) is 18.2 Å². The maximum Gasteiger partial charge on any atom is 0.254 e. The molecule has 100 valence electrons. The molecule has 0 aliphatic heterocycles. The first-order chi connectivity index (χ1) is 8.47. The zero-order chi connectivity index (χ0) is 13.7. The average molecular weight is 250 g/mol. The predicted molar refractivity (Wildman–Crippen MR) is 72.7 cm³/mol. The van der Waals surface area contributed by atoms with Gasteiger partial charge in [-0.25, -0.2) is 0 Å². The number of aryl methyl sites for hydroxylation is 1. The highest BCUT2D eigenvalue weighted by atomic mass is 16.3. The second kappa shape index (κ2) is 6.40. The molecule has 1 aromatic carbocycles. The van der Waals surface area contributed by atoms with Crippen LogP contribution in [-0.2, 0) is 0 Å². The van der Waals surface area contributed by atoms with Crippen LogP contribution in [0.4, 0.5) is 0 Å². The van der Waals surface area contributed by atoms with Crippen molar-refractivity contribution in [3.05, 3.63) is 29.3 Å². The normalized spacial score (nSPS) is 10.7. The first-order valence-electron chi connectivity index (χ1n) is 6.28. The molecule has 0 saturated heterocycles. The number of phenolic OH excluding ortho intramolecular Hbond substituents is 1. The number of carbonyl (C=O) groups is 1. The lowest BCUT2D eigenvalue weighted by molar-refractivity contribution is 0.0704. The lowest BCUT2D eigenvalue weighted by Crippen LogP contribution is -2.38. The quantitative estimate of drug-likeness (QED) is 0.838. The molecule has 0 spiro atoms. The van der Waals surface area contributed by atoms with Gasteiger partial charge in [0.25, 0.3) is 5.91 Å². The van der Waals surface area contributed by atoms with E-state index in [0.717, 1.165) is 12.0 Å². The average Bonchev–Trinajstić information content (AvgIpc) is 2.28. The van der Waals surface area contributed by atoms with Crippen LogP contribution >= 0.6 is 0 Å². The minimum absolute atomic E-state index is 0.00375. The van der Waals surface area contributed by atoms with E-state index in [0.29, 0.717) is 18.7 Å². The molecular formula is C14H22N2O2. The van der Waals surface area contributed by atoms with Crippen LogP contribution in [0.3, 0.4) is 0 Å². The maximum atomic E-state index is 12.4. The summed E-state index contributed by atoms with van der Waals surface area (Å²) in [6.07, 6.45) is 0.793. The lowest BCUT2D eigenvalue weighted by atomic mass is 10.1. The van der Waals surface area contributed by atoms with E-state index in [9.17, 15) is 9.90 Å². The lowest BCUT2D eigenvalue weighted by Gasteiger charge is -2.27. The van der Waals surface area contributed by atoms with E-state index in [4.69, 9.17) is 5.73 Å². The van der Waals surface area contributed by atoms with Crippen molar-refractivity contribution in [2.45, 2.75) is 33.2 Å². The van der Waals surface area contributed by atoms with Gasteiger partial charge in [0.05, 0.1) is 0 Å². The van der Waals surface area contributed by atoms with Crippen LogP contribution in [0.2, 0.25) is 0 Å². The number of hydrogen-bond donors (Lipinski definition) is 2. The molecule has 3 N–H and O–H groups in total. The summed E-state index contributed by atoms with van der Waals surface area (Å²) in [5.74, 6) is 0.179. The van der Waals surface area contributed by atoms with Crippen molar-refractivity contribution in [3.8, 4) is 5.75 Å².